The second kappa shape index (κ2) is 6.83. The van der Waals surface area contributed by atoms with Crippen molar-refractivity contribution in [2.45, 2.75) is 20.0 Å². The smallest absolute Gasteiger partial charge is 0.277 e. The maximum atomic E-state index is 11.5. The van der Waals surface area contributed by atoms with Crippen LogP contribution < -0.4 is 16.0 Å². The molecule has 0 saturated heterocycles. The number of hydrazine groups is 1. The van der Waals surface area contributed by atoms with Crippen LogP contribution >= 0.6 is 0 Å². The van der Waals surface area contributed by atoms with Gasteiger partial charge in [-0.1, -0.05) is 0 Å². The van der Waals surface area contributed by atoms with E-state index in [-0.39, 0.29) is 12.3 Å². The molecular formula is C12H17N3O5. The van der Waals surface area contributed by atoms with Gasteiger partial charge < -0.3 is 9.47 Å². The average molecular weight is 283 g/mol. The Morgan fingerprint density at radius 3 is 2.60 bits per heavy atom. The van der Waals surface area contributed by atoms with Crippen LogP contribution in [0.2, 0.25) is 0 Å². The van der Waals surface area contributed by atoms with Crippen LogP contribution in [0.1, 0.15) is 11.1 Å². The van der Waals surface area contributed by atoms with Crippen LogP contribution in [0.5, 0.6) is 5.75 Å². The Labute approximate surface area is 116 Å². The van der Waals surface area contributed by atoms with Crippen LogP contribution in [0.3, 0.4) is 0 Å². The summed E-state index contributed by atoms with van der Waals surface area (Å²) in [5.41, 5.74) is 2.98. The fraction of sp³-hybridized carbons (Fsp3) is 0.417. The van der Waals surface area contributed by atoms with E-state index >= 15 is 0 Å². The number of methoxy groups -OCH3 is 1. The predicted octanol–water partition coefficient (Wildman–Crippen LogP) is 0.595. The van der Waals surface area contributed by atoms with Crippen molar-refractivity contribution in [1.29, 1.82) is 0 Å². The third kappa shape index (κ3) is 3.65. The summed E-state index contributed by atoms with van der Waals surface area (Å²) in [6.07, 6.45) is -0.926. The molecule has 1 aromatic rings. The van der Waals surface area contributed by atoms with Crippen molar-refractivity contribution in [3.8, 4) is 5.75 Å². The van der Waals surface area contributed by atoms with Gasteiger partial charge in [0.15, 0.2) is 0 Å². The lowest BCUT2D eigenvalue weighted by molar-refractivity contribution is -0.385. The number of nitro groups is 1. The highest BCUT2D eigenvalue weighted by molar-refractivity contribution is 5.80. The summed E-state index contributed by atoms with van der Waals surface area (Å²) < 4.78 is 10.4. The highest BCUT2D eigenvalue weighted by Crippen LogP contribution is 2.28. The lowest BCUT2D eigenvalue weighted by atomic mass is 10.1. The van der Waals surface area contributed by atoms with Crippen LogP contribution in [0.4, 0.5) is 5.69 Å². The Kier molecular flexibility index (Phi) is 5.42. The van der Waals surface area contributed by atoms with Crippen LogP contribution in [0.25, 0.3) is 0 Å². The van der Waals surface area contributed by atoms with Crippen molar-refractivity contribution in [2.75, 3.05) is 13.7 Å². The number of amides is 1. The summed E-state index contributed by atoms with van der Waals surface area (Å²) in [5.74, 6) is 4.90. The van der Waals surface area contributed by atoms with Crippen LogP contribution in [0.15, 0.2) is 12.1 Å². The van der Waals surface area contributed by atoms with E-state index in [0.717, 1.165) is 0 Å². The minimum absolute atomic E-state index is 0.00131. The molecule has 1 unspecified atom stereocenters. The Hall–Kier alpha value is -2.19. The van der Waals surface area contributed by atoms with E-state index in [2.05, 4.69) is 0 Å². The van der Waals surface area contributed by atoms with Crippen molar-refractivity contribution in [3.63, 3.8) is 0 Å². The SMILES string of the molecule is COCC(Oc1cc(C)c([N+](=O)[O-])cc1C)C(=O)NN. The molecule has 0 aliphatic rings. The summed E-state index contributed by atoms with van der Waals surface area (Å²) in [5, 5.41) is 10.8. The molecule has 0 aliphatic carbocycles. The summed E-state index contributed by atoms with van der Waals surface area (Å²) >= 11 is 0. The highest BCUT2D eigenvalue weighted by atomic mass is 16.6. The van der Waals surface area contributed by atoms with Gasteiger partial charge in [0.25, 0.3) is 11.6 Å². The first-order chi connectivity index (χ1) is 9.40. The van der Waals surface area contributed by atoms with Crippen LogP contribution in [-0.4, -0.2) is 30.7 Å². The molecule has 0 radical (unpaired) electrons. The molecule has 110 valence electrons. The maximum absolute atomic E-state index is 11.5. The molecule has 0 bridgehead atoms. The van der Waals surface area contributed by atoms with Crippen molar-refractivity contribution in [3.05, 3.63) is 33.4 Å². The number of nitrogens with two attached hydrogens (primary N) is 1. The Morgan fingerprint density at radius 1 is 1.45 bits per heavy atom. The maximum Gasteiger partial charge on any atom is 0.277 e. The van der Waals surface area contributed by atoms with E-state index < -0.39 is 16.9 Å². The van der Waals surface area contributed by atoms with Crippen molar-refractivity contribution >= 4 is 11.6 Å². The fourth-order valence-electron chi connectivity index (χ4n) is 1.66. The van der Waals surface area contributed by atoms with E-state index in [1.54, 1.807) is 13.8 Å². The first-order valence-corrected chi connectivity index (χ1v) is 5.82. The number of rotatable bonds is 6. The van der Waals surface area contributed by atoms with Gasteiger partial charge in [0.1, 0.15) is 5.75 Å². The average Bonchev–Trinajstić information content (AvgIpc) is 2.40. The molecule has 0 heterocycles. The Balaban J connectivity index is 3.04. The van der Waals surface area contributed by atoms with E-state index in [1.807, 2.05) is 5.43 Å². The quantitative estimate of drug-likeness (QED) is 0.341. The number of carbonyl (C=O) groups is 1. The van der Waals surface area contributed by atoms with Gasteiger partial charge in [-0.15, -0.1) is 0 Å². The van der Waals surface area contributed by atoms with Crippen molar-refractivity contribution in [2.24, 2.45) is 5.84 Å². The molecule has 1 aromatic carbocycles. The minimum atomic E-state index is -0.926. The molecule has 3 N–H and O–H groups in total. The number of hydrogen-bond donors (Lipinski definition) is 2. The predicted molar refractivity (Wildman–Crippen MR) is 71.2 cm³/mol. The molecule has 0 saturated carbocycles. The molecule has 0 aliphatic heterocycles. The van der Waals surface area contributed by atoms with Gasteiger partial charge in [-0.3, -0.25) is 20.3 Å². The van der Waals surface area contributed by atoms with Crippen LogP contribution in [0, 0.1) is 24.0 Å². The van der Waals surface area contributed by atoms with Crippen LogP contribution in [-0.2, 0) is 9.53 Å². The second-order valence-corrected chi connectivity index (χ2v) is 4.23. The number of carbonyl (C=O) groups excluding carboxylic acids is 1. The normalized spacial score (nSPS) is 11.8. The molecule has 1 rings (SSSR count). The van der Waals surface area contributed by atoms with Gasteiger partial charge in [-0.2, -0.15) is 0 Å². The molecule has 8 nitrogen and oxygen atoms in total. The standard InChI is InChI=1S/C12H17N3O5/c1-7-5-10(8(2)4-9(7)15(17)18)20-11(6-19-3)12(16)14-13/h4-5,11H,6,13H2,1-3H3,(H,14,16). The van der Waals surface area contributed by atoms with Gasteiger partial charge in [-0.25, -0.2) is 5.84 Å². The Morgan fingerprint density at radius 2 is 2.10 bits per heavy atom. The zero-order valence-corrected chi connectivity index (χ0v) is 11.5. The third-order valence-electron chi connectivity index (χ3n) is 2.71. The van der Waals surface area contributed by atoms with E-state index in [9.17, 15) is 14.9 Å². The fourth-order valence-corrected chi connectivity index (χ4v) is 1.66. The van der Waals surface area contributed by atoms with Gasteiger partial charge in [0.05, 0.1) is 11.5 Å². The van der Waals surface area contributed by atoms with Gasteiger partial charge in [-0.05, 0) is 25.5 Å². The summed E-state index contributed by atoms with van der Waals surface area (Å²) in [6.45, 7) is 3.27. The molecule has 0 aromatic heterocycles. The monoisotopic (exact) mass is 283 g/mol. The molecule has 0 spiro atoms. The molecule has 0 fully saturated rings. The minimum Gasteiger partial charge on any atom is -0.478 e. The topological polar surface area (TPSA) is 117 Å². The highest BCUT2D eigenvalue weighted by Gasteiger charge is 2.22. The molecule has 8 heteroatoms. The van der Waals surface area contributed by atoms with Gasteiger partial charge >= 0.3 is 0 Å². The number of aryl methyl sites for hydroxylation is 2. The van der Waals surface area contributed by atoms with E-state index in [0.29, 0.717) is 16.9 Å². The van der Waals surface area contributed by atoms with E-state index in [1.165, 1.54) is 19.2 Å². The molecule has 1 amide bonds. The number of nitrogens with zero attached hydrogens (tertiary/aromatic N) is 1. The lowest BCUT2D eigenvalue weighted by Crippen LogP contribution is -2.44. The summed E-state index contributed by atoms with van der Waals surface area (Å²) in [7, 11) is 1.42. The Bertz CT molecular complexity index is 518. The van der Waals surface area contributed by atoms with Gasteiger partial charge in [0.2, 0.25) is 6.10 Å². The molecule has 20 heavy (non-hydrogen) atoms. The van der Waals surface area contributed by atoms with Crippen molar-refractivity contribution in [1.82, 2.24) is 5.43 Å². The largest absolute Gasteiger partial charge is 0.478 e. The van der Waals surface area contributed by atoms with E-state index in [4.69, 9.17) is 15.3 Å². The number of benzene rings is 1. The zero-order chi connectivity index (χ0) is 15.3. The summed E-state index contributed by atoms with van der Waals surface area (Å²) in [6, 6.07) is 2.91. The third-order valence-corrected chi connectivity index (χ3v) is 2.71. The summed E-state index contributed by atoms with van der Waals surface area (Å²) in [4.78, 5) is 21.9. The van der Waals surface area contributed by atoms with Crippen molar-refractivity contribution < 1.29 is 19.2 Å². The number of ether oxygens (including phenoxy) is 2. The van der Waals surface area contributed by atoms with Gasteiger partial charge in [0, 0.05) is 18.7 Å². The zero-order valence-electron chi connectivity index (χ0n) is 11.5. The number of nitro benzene ring substituents is 1. The second-order valence-electron chi connectivity index (χ2n) is 4.23. The molecular weight excluding hydrogens is 266 g/mol. The number of hydrogen-bond acceptors (Lipinski definition) is 6. The first-order valence-electron chi connectivity index (χ1n) is 5.82. The first kappa shape index (κ1) is 15.9. The lowest BCUT2D eigenvalue weighted by Gasteiger charge is -2.18. The number of nitrogens with one attached hydrogen (secondary N) is 1. The molecule has 1 atom stereocenters.